The zero-order valence-electron chi connectivity index (χ0n) is 13.1. The van der Waals surface area contributed by atoms with Crippen LogP contribution in [0.4, 0.5) is 11.5 Å². The third kappa shape index (κ3) is 4.05. The summed E-state index contributed by atoms with van der Waals surface area (Å²) in [7, 11) is 0. The second kappa shape index (κ2) is 7.05. The molecule has 0 fully saturated rings. The average Bonchev–Trinajstić information content (AvgIpc) is 2.55. The van der Waals surface area contributed by atoms with E-state index in [1.54, 1.807) is 6.92 Å². The van der Waals surface area contributed by atoms with Crippen LogP contribution in [0.1, 0.15) is 29.3 Å². The summed E-state index contributed by atoms with van der Waals surface area (Å²) in [5, 5.41) is 24.2. The first-order valence-corrected chi connectivity index (χ1v) is 7.27. The number of nitrogens with one attached hydrogen (secondary N) is 1. The standard InChI is InChI=1S/C16H18N4O4/c1-16(22,11-5-3-2-4-6-11)7-8-18-15-13(14(17)21)9-12(10-19-15)20(23)24/h2-6,9-10,22H,7-8H2,1H3,(H2,17,21)(H,18,19). The molecule has 126 valence electrons. The first kappa shape index (κ1) is 17.4. The van der Waals surface area contributed by atoms with Gasteiger partial charge in [-0.2, -0.15) is 0 Å². The van der Waals surface area contributed by atoms with E-state index in [-0.39, 0.29) is 17.1 Å². The number of nitrogens with two attached hydrogens (primary N) is 1. The number of hydrogen-bond acceptors (Lipinski definition) is 6. The Labute approximate surface area is 138 Å². The number of rotatable bonds is 7. The normalized spacial score (nSPS) is 13.1. The van der Waals surface area contributed by atoms with Crippen molar-refractivity contribution >= 4 is 17.4 Å². The minimum absolute atomic E-state index is 0.0662. The van der Waals surface area contributed by atoms with Gasteiger partial charge in [-0.1, -0.05) is 30.3 Å². The van der Waals surface area contributed by atoms with Crippen LogP contribution in [-0.4, -0.2) is 27.5 Å². The van der Waals surface area contributed by atoms with Crippen molar-refractivity contribution in [3.8, 4) is 0 Å². The van der Waals surface area contributed by atoms with E-state index in [0.717, 1.165) is 17.8 Å². The first-order chi connectivity index (χ1) is 11.3. The lowest BCUT2D eigenvalue weighted by Crippen LogP contribution is -2.25. The number of aromatic nitrogens is 1. The molecule has 1 heterocycles. The lowest BCUT2D eigenvalue weighted by atomic mass is 9.92. The predicted octanol–water partition coefficient (Wildman–Crippen LogP) is 1.80. The number of anilines is 1. The van der Waals surface area contributed by atoms with Crippen LogP contribution in [-0.2, 0) is 5.60 Å². The fourth-order valence-electron chi connectivity index (χ4n) is 2.25. The van der Waals surface area contributed by atoms with Crippen LogP contribution >= 0.6 is 0 Å². The predicted molar refractivity (Wildman–Crippen MR) is 88.5 cm³/mol. The van der Waals surface area contributed by atoms with Gasteiger partial charge in [0.2, 0.25) is 0 Å². The fourth-order valence-corrected chi connectivity index (χ4v) is 2.25. The van der Waals surface area contributed by atoms with Gasteiger partial charge in [0.15, 0.2) is 0 Å². The van der Waals surface area contributed by atoms with E-state index in [2.05, 4.69) is 10.3 Å². The van der Waals surface area contributed by atoms with E-state index >= 15 is 0 Å². The third-order valence-electron chi connectivity index (χ3n) is 3.65. The number of carbonyl (C=O) groups is 1. The molecule has 0 aliphatic carbocycles. The molecule has 1 aromatic carbocycles. The fraction of sp³-hybridized carbons (Fsp3) is 0.250. The number of nitro groups is 1. The number of aliphatic hydroxyl groups is 1. The van der Waals surface area contributed by atoms with E-state index in [4.69, 9.17) is 5.73 Å². The Bertz CT molecular complexity index is 747. The van der Waals surface area contributed by atoms with Crippen molar-refractivity contribution in [1.29, 1.82) is 0 Å². The Hall–Kier alpha value is -3.00. The van der Waals surface area contributed by atoms with Crippen LogP contribution in [0.2, 0.25) is 0 Å². The summed E-state index contributed by atoms with van der Waals surface area (Å²) in [6.07, 6.45) is 1.39. The highest BCUT2D eigenvalue weighted by Crippen LogP contribution is 2.25. The summed E-state index contributed by atoms with van der Waals surface area (Å²) in [5.74, 6) is -0.666. The molecule has 1 atom stereocenters. The molecule has 1 aromatic heterocycles. The van der Waals surface area contributed by atoms with Gasteiger partial charge in [0.05, 0.1) is 16.1 Å². The zero-order chi connectivity index (χ0) is 17.7. The van der Waals surface area contributed by atoms with Gasteiger partial charge in [-0.15, -0.1) is 0 Å². The minimum Gasteiger partial charge on any atom is -0.385 e. The number of amides is 1. The molecule has 0 aliphatic rings. The summed E-state index contributed by atoms with van der Waals surface area (Å²) in [6, 6.07) is 10.2. The van der Waals surface area contributed by atoms with Crippen molar-refractivity contribution < 1.29 is 14.8 Å². The summed E-state index contributed by atoms with van der Waals surface area (Å²) < 4.78 is 0. The summed E-state index contributed by atoms with van der Waals surface area (Å²) in [6.45, 7) is 1.98. The molecule has 8 nitrogen and oxygen atoms in total. The van der Waals surface area contributed by atoms with E-state index in [0.29, 0.717) is 13.0 Å². The Balaban J connectivity index is 2.09. The van der Waals surface area contributed by atoms with E-state index in [1.165, 1.54) is 0 Å². The van der Waals surface area contributed by atoms with Gasteiger partial charge in [0.1, 0.15) is 12.0 Å². The van der Waals surface area contributed by atoms with Crippen molar-refractivity contribution in [2.45, 2.75) is 18.9 Å². The maximum absolute atomic E-state index is 11.4. The molecule has 2 rings (SSSR count). The molecule has 4 N–H and O–H groups in total. The number of benzene rings is 1. The molecular formula is C16H18N4O4. The summed E-state index contributed by atoms with van der Waals surface area (Å²) in [4.78, 5) is 25.4. The Morgan fingerprint density at radius 1 is 1.42 bits per heavy atom. The van der Waals surface area contributed by atoms with Crippen molar-refractivity contribution in [1.82, 2.24) is 4.98 Å². The highest BCUT2D eigenvalue weighted by Gasteiger charge is 2.23. The molecule has 0 saturated heterocycles. The molecule has 8 heteroatoms. The van der Waals surface area contributed by atoms with Gasteiger partial charge in [0, 0.05) is 12.6 Å². The molecule has 2 aromatic rings. The second-order valence-corrected chi connectivity index (χ2v) is 5.53. The largest absolute Gasteiger partial charge is 0.385 e. The quantitative estimate of drug-likeness (QED) is 0.524. The average molecular weight is 330 g/mol. The van der Waals surface area contributed by atoms with Crippen LogP contribution < -0.4 is 11.1 Å². The van der Waals surface area contributed by atoms with Gasteiger partial charge >= 0.3 is 0 Å². The molecular weight excluding hydrogens is 312 g/mol. The van der Waals surface area contributed by atoms with Crippen LogP contribution in [0.5, 0.6) is 0 Å². The minimum atomic E-state index is -1.07. The van der Waals surface area contributed by atoms with E-state index in [9.17, 15) is 20.0 Å². The van der Waals surface area contributed by atoms with Crippen LogP contribution in [0.15, 0.2) is 42.6 Å². The molecule has 1 amide bonds. The Kier molecular flexibility index (Phi) is 5.10. The highest BCUT2D eigenvalue weighted by atomic mass is 16.6. The van der Waals surface area contributed by atoms with Gasteiger partial charge in [-0.05, 0) is 18.9 Å². The maximum atomic E-state index is 11.4. The number of pyridine rings is 1. The zero-order valence-corrected chi connectivity index (χ0v) is 13.1. The first-order valence-electron chi connectivity index (χ1n) is 7.27. The topological polar surface area (TPSA) is 131 Å². The molecule has 0 radical (unpaired) electrons. The lowest BCUT2D eigenvalue weighted by molar-refractivity contribution is -0.385. The van der Waals surface area contributed by atoms with Crippen molar-refractivity contribution in [2.75, 3.05) is 11.9 Å². The number of hydrogen-bond donors (Lipinski definition) is 3. The molecule has 0 bridgehead atoms. The molecule has 0 spiro atoms. The summed E-state index contributed by atoms with van der Waals surface area (Å²) >= 11 is 0. The lowest BCUT2D eigenvalue weighted by Gasteiger charge is -2.24. The van der Waals surface area contributed by atoms with Crippen molar-refractivity contribution in [3.63, 3.8) is 0 Å². The number of nitrogens with zero attached hydrogens (tertiary/aromatic N) is 2. The van der Waals surface area contributed by atoms with Gasteiger partial charge in [-0.25, -0.2) is 4.98 Å². The van der Waals surface area contributed by atoms with Crippen LogP contribution in [0.3, 0.4) is 0 Å². The number of primary amides is 1. The smallest absolute Gasteiger partial charge is 0.288 e. The molecule has 0 aliphatic heterocycles. The van der Waals surface area contributed by atoms with Gasteiger partial charge < -0.3 is 16.2 Å². The SMILES string of the molecule is CC(O)(CCNc1ncc([N+](=O)[O-])cc1C(N)=O)c1ccccc1. The van der Waals surface area contributed by atoms with E-state index < -0.39 is 16.4 Å². The summed E-state index contributed by atoms with van der Waals surface area (Å²) in [5.41, 5.74) is 4.56. The Morgan fingerprint density at radius 2 is 2.08 bits per heavy atom. The van der Waals surface area contributed by atoms with Gasteiger partial charge in [-0.3, -0.25) is 14.9 Å². The van der Waals surface area contributed by atoms with Crippen molar-refractivity contribution in [2.24, 2.45) is 5.73 Å². The van der Waals surface area contributed by atoms with Gasteiger partial charge in [0.25, 0.3) is 11.6 Å². The van der Waals surface area contributed by atoms with Crippen LogP contribution in [0, 0.1) is 10.1 Å². The molecule has 0 saturated carbocycles. The Morgan fingerprint density at radius 3 is 2.67 bits per heavy atom. The molecule has 1 unspecified atom stereocenters. The van der Waals surface area contributed by atoms with Crippen molar-refractivity contribution in [3.05, 3.63) is 63.8 Å². The monoisotopic (exact) mass is 330 g/mol. The highest BCUT2D eigenvalue weighted by molar-refractivity contribution is 5.98. The molecule has 24 heavy (non-hydrogen) atoms. The second-order valence-electron chi connectivity index (χ2n) is 5.53. The van der Waals surface area contributed by atoms with E-state index in [1.807, 2.05) is 30.3 Å². The van der Waals surface area contributed by atoms with Crippen LogP contribution in [0.25, 0.3) is 0 Å². The maximum Gasteiger partial charge on any atom is 0.288 e. The number of carbonyl (C=O) groups excluding carboxylic acids is 1. The third-order valence-corrected chi connectivity index (χ3v) is 3.65.